The summed E-state index contributed by atoms with van der Waals surface area (Å²) in [6, 6.07) is 6.34. The Kier molecular flexibility index (Phi) is 6.34. The molecule has 2 unspecified atom stereocenters. The lowest BCUT2D eigenvalue weighted by atomic mass is 10.0. The van der Waals surface area contributed by atoms with Crippen molar-refractivity contribution in [1.82, 2.24) is 0 Å². The fraction of sp³-hybridized carbons (Fsp3) is 0.647. The maximum Gasteiger partial charge on any atom is 0.0750 e. The van der Waals surface area contributed by atoms with E-state index in [1.807, 2.05) is 6.07 Å². The van der Waals surface area contributed by atoms with Gasteiger partial charge in [-0.15, -0.1) is 0 Å². The number of rotatable bonds is 7. The van der Waals surface area contributed by atoms with E-state index >= 15 is 0 Å². The van der Waals surface area contributed by atoms with Crippen LogP contribution >= 0.6 is 11.6 Å². The van der Waals surface area contributed by atoms with Crippen LogP contribution in [0.25, 0.3) is 0 Å². The highest BCUT2D eigenvalue weighted by Crippen LogP contribution is 2.27. The van der Waals surface area contributed by atoms with E-state index in [1.54, 1.807) is 0 Å². The van der Waals surface area contributed by atoms with Crippen molar-refractivity contribution in [2.75, 3.05) is 24.6 Å². The molecule has 4 heteroatoms. The molecule has 0 radical (unpaired) electrons. The van der Waals surface area contributed by atoms with Crippen LogP contribution in [-0.4, -0.2) is 31.8 Å². The van der Waals surface area contributed by atoms with Crippen LogP contribution in [0.5, 0.6) is 0 Å². The summed E-state index contributed by atoms with van der Waals surface area (Å²) >= 11 is 6.22. The topological polar surface area (TPSA) is 38.5 Å². The maximum absolute atomic E-state index is 6.22. The molecule has 21 heavy (non-hydrogen) atoms. The Bertz CT molecular complexity index is 446. The Morgan fingerprint density at radius 3 is 2.86 bits per heavy atom. The van der Waals surface area contributed by atoms with E-state index in [1.165, 1.54) is 17.7 Å². The van der Waals surface area contributed by atoms with Gasteiger partial charge in [-0.2, -0.15) is 0 Å². The summed E-state index contributed by atoms with van der Waals surface area (Å²) in [7, 11) is 0. The molecule has 1 heterocycles. The van der Waals surface area contributed by atoms with Crippen molar-refractivity contribution < 1.29 is 4.74 Å². The van der Waals surface area contributed by atoms with Crippen LogP contribution in [0, 0.1) is 0 Å². The first-order valence-electron chi connectivity index (χ1n) is 8.04. The van der Waals surface area contributed by atoms with Crippen LogP contribution in [-0.2, 0) is 11.2 Å². The van der Waals surface area contributed by atoms with Crippen LogP contribution < -0.4 is 10.6 Å². The van der Waals surface area contributed by atoms with Gasteiger partial charge in [0.1, 0.15) is 0 Å². The maximum atomic E-state index is 6.22. The second-order valence-electron chi connectivity index (χ2n) is 5.82. The summed E-state index contributed by atoms with van der Waals surface area (Å²) < 4.78 is 5.78. The van der Waals surface area contributed by atoms with Crippen molar-refractivity contribution in [3.8, 4) is 0 Å². The second kappa shape index (κ2) is 8.02. The SMILES string of the molecule is CCC(N)Cc1ccc(Cl)cc1N(CC)CC1CCCO1. The van der Waals surface area contributed by atoms with Crippen molar-refractivity contribution in [2.24, 2.45) is 5.73 Å². The lowest BCUT2D eigenvalue weighted by molar-refractivity contribution is 0.115. The van der Waals surface area contributed by atoms with Crippen LogP contribution in [0.2, 0.25) is 5.02 Å². The molecule has 0 aliphatic carbocycles. The van der Waals surface area contributed by atoms with Gasteiger partial charge in [-0.1, -0.05) is 24.6 Å². The standard InChI is InChI=1S/C17H27ClN2O/c1-3-15(19)10-13-7-8-14(18)11-17(13)20(4-2)12-16-6-5-9-21-16/h7-8,11,15-16H,3-6,9-10,12,19H2,1-2H3. The Labute approximate surface area is 133 Å². The number of halogens is 1. The minimum Gasteiger partial charge on any atom is -0.376 e. The molecule has 1 aromatic rings. The van der Waals surface area contributed by atoms with Crippen molar-refractivity contribution in [3.05, 3.63) is 28.8 Å². The molecule has 118 valence electrons. The van der Waals surface area contributed by atoms with Gasteiger partial charge >= 0.3 is 0 Å². The van der Waals surface area contributed by atoms with Gasteiger partial charge in [0.25, 0.3) is 0 Å². The van der Waals surface area contributed by atoms with E-state index in [9.17, 15) is 0 Å². The fourth-order valence-electron chi connectivity index (χ4n) is 2.86. The third-order valence-corrected chi connectivity index (χ3v) is 4.46. The van der Waals surface area contributed by atoms with E-state index in [0.717, 1.165) is 44.0 Å². The molecule has 0 aromatic heterocycles. The average molecular weight is 311 g/mol. The highest BCUT2D eigenvalue weighted by Gasteiger charge is 2.20. The summed E-state index contributed by atoms with van der Waals surface area (Å²) in [5, 5.41) is 0.782. The molecular weight excluding hydrogens is 284 g/mol. The predicted octanol–water partition coefficient (Wildman–Crippen LogP) is 3.63. The smallest absolute Gasteiger partial charge is 0.0750 e. The molecule has 0 saturated carbocycles. The second-order valence-corrected chi connectivity index (χ2v) is 6.26. The quantitative estimate of drug-likeness (QED) is 0.836. The van der Waals surface area contributed by atoms with Crippen LogP contribution in [0.4, 0.5) is 5.69 Å². The first kappa shape index (κ1) is 16.6. The number of anilines is 1. The molecule has 1 aromatic carbocycles. The van der Waals surface area contributed by atoms with Gasteiger partial charge in [-0.3, -0.25) is 0 Å². The summed E-state index contributed by atoms with van der Waals surface area (Å²) in [6.45, 7) is 7.09. The zero-order valence-electron chi connectivity index (χ0n) is 13.1. The Morgan fingerprint density at radius 1 is 1.43 bits per heavy atom. The first-order valence-corrected chi connectivity index (χ1v) is 8.42. The molecule has 3 nitrogen and oxygen atoms in total. The number of nitrogens with two attached hydrogens (primary N) is 1. The zero-order valence-corrected chi connectivity index (χ0v) is 13.9. The molecule has 1 aliphatic rings. The summed E-state index contributed by atoms with van der Waals surface area (Å²) in [5.74, 6) is 0. The minimum atomic E-state index is 0.200. The van der Waals surface area contributed by atoms with Crippen LogP contribution in [0.15, 0.2) is 18.2 Å². The first-order chi connectivity index (χ1) is 10.1. The molecule has 0 bridgehead atoms. The number of benzene rings is 1. The van der Waals surface area contributed by atoms with E-state index in [-0.39, 0.29) is 6.04 Å². The molecule has 1 fully saturated rings. The lowest BCUT2D eigenvalue weighted by Gasteiger charge is -2.29. The van der Waals surface area contributed by atoms with Gasteiger partial charge in [0.2, 0.25) is 0 Å². The van der Waals surface area contributed by atoms with Crippen molar-refractivity contribution in [3.63, 3.8) is 0 Å². The molecule has 1 aliphatic heterocycles. The monoisotopic (exact) mass is 310 g/mol. The summed E-state index contributed by atoms with van der Waals surface area (Å²) in [5.41, 5.74) is 8.64. The molecule has 2 atom stereocenters. The third kappa shape index (κ3) is 4.60. The lowest BCUT2D eigenvalue weighted by Crippen LogP contribution is -2.33. The van der Waals surface area contributed by atoms with Crippen LogP contribution in [0.1, 0.15) is 38.7 Å². The molecule has 2 rings (SSSR count). The number of hydrogen-bond donors (Lipinski definition) is 1. The molecular formula is C17H27ClN2O. The molecule has 0 amide bonds. The van der Waals surface area contributed by atoms with Crippen molar-refractivity contribution in [2.45, 2.75) is 51.7 Å². The number of ether oxygens (including phenoxy) is 1. The van der Waals surface area contributed by atoms with Gasteiger partial charge in [0.05, 0.1) is 6.10 Å². The highest BCUT2D eigenvalue weighted by molar-refractivity contribution is 6.30. The summed E-state index contributed by atoms with van der Waals surface area (Å²) in [4.78, 5) is 2.37. The van der Waals surface area contributed by atoms with Crippen molar-refractivity contribution >= 4 is 17.3 Å². The number of hydrogen-bond acceptors (Lipinski definition) is 3. The van der Waals surface area contributed by atoms with Gasteiger partial charge in [-0.05, 0) is 50.3 Å². The van der Waals surface area contributed by atoms with E-state index in [2.05, 4.69) is 30.9 Å². The average Bonchev–Trinajstić information content (AvgIpc) is 2.99. The summed E-state index contributed by atoms with van der Waals surface area (Å²) in [6.07, 6.45) is 4.55. The zero-order chi connectivity index (χ0) is 15.2. The van der Waals surface area contributed by atoms with Gasteiger partial charge in [-0.25, -0.2) is 0 Å². The van der Waals surface area contributed by atoms with E-state index in [4.69, 9.17) is 22.1 Å². The minimum absolute atomic E-state index is 0.200. The van der Waals surface area contributed by atoms with Gasteiger partial charge in [0, 0.05) is 36.4 Å². The van der Waals surface area contributed by atoms with E-state index in [0.29, 0.717) is 6.10 Å². The van der Waals surface area contributed by atoms with Crippen molar-refractivity contribution in [1.29, 1.82) is 0 Å². The van der Waals surface area contributed by atoms with E-state index < -0.39 is 0 Å². The Balaban J connectivity index is 2.18. The van der Waals surface area contributed by atoms with Crippen LogP contribution in [0.3, 0.4) is 0 Å². The third-order valence-electron chi connectivity index (χ3n) is 4.22. The predicted molar refractivity (Wildman–Crippen MR) is 90.3 cm³/mol. The fourth-order valence-corrected chi connectivity index (χ4v) is 3.03. The number of nitrogens with zero attached hydrogens (tertiary/aromatic N) is 1. The molecule has 2 N–H and O–H groups in total. The normalized spacial score (nSPS) is 19.7. The Hall–Kier alpha value is -0.770. The van der Waals surface area contributed by atoms with Gasteiger partial charge < -0.3 is 15.4 Å². The largest absolute Gasteiger partial charge is 0.376 e. The highest BCUT2D eigenvalue weighted by atomic mass is 35.5. The number of likely N-dealkylation sites (N-methyl/N-ethyl adjacent to an activating group) is 1. The Morgan fingerprint density at radius 2 is 2.24 bits per heavy atom. The molecule has 1 saturated heterocycles. The molecule has 0 spiro atoms. The van der Waals surface area contributed by atoms with Gasteiger partial charge in [0.15, 0.2) is 0 Å².